The average Bonchev–Trinajstić information content (AvgIpc) is 3.43. The topological polar surface area (TPSA) is 88.5 Å². The molecule has 2 N–H and O–H groups in total. The second-order valence-electron chi connectivity index (χ2n) is 7.75. The highest BCUT2D eigenvalue weighted by Crippen LogP contribution is 2.25. The van der Waals surface area contributed by atoms with Crippen LogP contribution < -0.4 is 10.6 Å². The first-order valence-electron chi connectivity index (χ1n) is 10.3. The number of likely N-dealkylation sites (tertiary alicyclic amines) is 1. The summed E-state index contributed by atoms with van der Waals surface area (Å²) in [4.78, 5) is 27.3. The number of aryl methyl sites for hydroxylation is 1. The van der Waals surface area contributed by atoms with Crippen molar-refractivity contribution in [3.05, 3.63) is 71.3 Å². The van der Waals surface area contributed by atoms with Crippen LogP contribution in [0.2, 0.25) is 5.02 Å². The molecular formula is C23H23ClFN5O3. The van der Waals surface area contributed by atoms with Crippen molar-refractivity contribution in [1.29, 1.82) is 0 Å². The molecule has 172 valence electrons. The molecule has 33 heavy (non-hydrogen) atoms. The third-order valence-corrected chi connectivity index (χ3v) is 5.70. The molecule has 10 heteroatoms. The minimum absolute atomic E-state index is 0.0200. The van der Waals surface area contributed by atoms with Crippen LogP contribution in [0.5, 0.6) is 0 Å². The van der Waals surface area contributed by atoms with Gasteiger partial charge in [-0.3, -0.25) is 4.79 Å². The van der Waals surface area contributed by atoms with Gasteiger partial charge in [0.2, 0.25) is 5.91 Å². The molecule has 0 unspecified atom stereocenters. The Hall–Kier alpha value is -3.43. The van der Waals surface area contributed by atoms with Crippen molar-refractivity contribution in [3.8, 4) is 5.69 Å². The fraction of sp³-hybridized carbons (Fsp3) is 0.261. The standard InChI is InChI=1S/C23H23ClFN5O3/c1-14-9-10-30(28-14)17-7-8-20(19(25)11-17)27-22(31)21-12-18(33-2)13-29(21)23(32)26-16-5-3-15(24)4-6-16/h3-11,18,21H,12-13H2,1-2H3,(H,26,32)(H,27,31)/t18-,21-/m1/s1. The number of carbonyl (C=O) groups is 2. The lowest BCUT2D eigenvalue weighted by molar-refractivity contribution is -0.119. The number of nitrogens with one attached hydrogen (secondary N) is 2. The number of ether oxygens (including phenoxy) is 1. The molecule has 1 aliphatic rings. The Balaban J connectivity index is 1.48. The third-order valence-electron chi connectivity index (χ3n) is 5.45. The normalized spacial score (nSPS) is 17.8. The summed E-state index contributed by atoms with van der Waals surface area (Å²) in [5.74, 6) is -1.10. The van der Waals surface area contributed by atoms with Crippen LogP contribution in [0.15, 0.2) is 54.7 Å². The van der Waals surface area contributed by atoms with Gasteiger partial charge < -0.3 is 20.3 Å². The summed E-state index contributed by atoms with van der Waals surface area (Å²) in [5.41, 5.74) is 1.90. The number of halogens is 2. The van der Waals surface area contributed by atoms with Gasteiger partial charge in [-0.25, -0.2) is 13.9 Å². The SMILES string of the molecule is CO[C@@H]1C[C@H](C(=O)Nc2ccc(-n3ccc(C)n3)cc2F)N(C(=O)Nc2ccc(Cl)cc2)C1. The molecular weight excluding hydrogens is 449 g/mol. The predicted molar refractivity (Wildman–Crippen MR) is 123 cm³/mol. The van der Waals surface area contributed by atoms with Crippen LogP contribution in [0.25, 0.3) is 5.69 Å². The van der Waals surface area contributed by atoms with Crippen LogP contribution >= 0.6 is 11.6 Å². The Kier molecular flexibility index (Phi) is 6.62. The number of rotatable bonds is 5. The van der Waals surface area contributed by atoms with Gasteiger partial charge in [0.25, 0.3) is 0 Å². The van der Waals surface area contributed by atoms with Gasteiger partial charge in [-0.05, 0) is 49.4 Å². The van der Waals surface area contributed by atoms with Gasteiger partial charge in [-0.15, -0.1) is 0 Å². The molecule has 4 rings (SSSR count). The minimum Gasteiger partial charge on any atom is -0.380 e. The van der Waals surface area contributed by atoms with Crippen LogP contribution in [-0.2, 0) is 9.53 Å². The van der Waals surface area contributed by atoms with Crippen LogP contribution in [-0.4, -0.2) is 52.4 Å². The summed E-state index contributed by atoms with van der Waals surface area (Å²) in [6.07, 6.45) is 1.71. The number of hydrogen-bond acceptors (Lipinski definition) is 4. The van der Waals surface area contributed by atoms with Gasteiger partial charge in [0.1, 0.15) is 11.9 Å². The van der Waals surface area contributed by atoms with Crippen molar-refractivity contribution in [2.75, 3.05) is 24.3 Å². The van der Waals surface area contributed by atoms with Gasteiger partial charge in [0.15, 0.2) is 0 Å². The van der Waals surface area contributed by atoms with Crippen molar-refractivity contribution in [2.45, 2.75) is 25.5 Å². The van der Waals surface area contributed by atoms with Gasteiger partial charge >= 0.3 is 6.03 Å². The number of methoxy groups -OCH3 is 1. The van der Waals surface area contributed by atoms with E-state index in [9.17, 15) is 14.0 Å². The molecule has 1 aliphatic heterocycles. The van der Waals surface area contributed by atoms with E-state index in [-0.39, 0.29) is 18.3 Å². The number of benzene rings is 2. The van der Waals surface area contributed by atoms with E-state index in [1.807, 2.05) is 13.0 Å². The molecule has 0 saturated carbocycles. The number of urea groups is 1. The Morgan fingerprint density at radius 3 is 2.55 bits per heavy atom. The highest BCUT2D eigenvalue weighted by molar-refractivity contribution is 6.30. The summed E-state index contributed by atoms with van der Waals surface area (Å²) >= 11 is 5.89. The molecule has 1 aromatic heterocycles. The van der Waals surface area contributed by atoms with Crippen LogP contribution in [0.4, 0.5) is 20.6 Å². The second-order valence-corrected chi connectivity index (χ2v) is 8.19. The van der Waals surface area contributed by atoms with E-state index in [1.165, 1.54) is 24.1 Å². The van der Waals surface area contributed by atoms with E-state index < -0.39 is 23.8 Å². The smallest absolute Gasteiger partial charge is 0.322 e. The molecule has 2 aromatic carbocycles. The van der Waals surface area contributed by atoms with Crippen molar-refractivity contribution in [1.82, 2.24) is 14.7 Å². The zero-order chi connectivity index (χ0) is 23.5. The zero-order valence-electron chi connectivity index (χ0n) is 18.1. The molecule has 0 radical (unpaired) electrons. The number of aromatic nitrogens is 2. The van der Waals surface area contributed by atoms with E-state index >= 15 is 0 Å². The maximum atomic E-state index is 14.7. The van der Waals surface area contributed by atoms with Crippen molar-refractivity contribution in [2.24, 2.45) is 0 Å². The number of anilines is 2. The summed E-state index contributed by atoms with van der Waals surface area (Å²) in [7, 11) is 1.52. The highest BCUT2D eigenvalue weighted by atomic mass is 35.5. The maximum absolute atomic E-state index is 14.7. The van der Waals surface area contributed by atoms with Crippen molar-refractivity contribution in [3.63, 3.8) is 0 Å². The molecule has 0 aliphatic carbocycles. The lowest BCUT2D eigenvalue weighted by atomic mass is 10.1. The van der Waals surface area contributed by atoms with E-state index in [0.29, 0.717) is 22.8 Å². The fourth-order valence-corrected chi connectivity index (χ4v) is 3.82. The highest BCUT2D eigenvalue weighted by Gasteiger charge is 2.40. The molecule has 0 spiro atoms. The third kappa shape index (κ3) is 5.15. The number of amides is 3. The van der Waals surface area contributed by atoms with E-state index in [0.717, 1.165) is 5.69 Å². The molecule has 0 bridgehead atoms. The Labute approximate surface area is 195 Å². The monoisotopic (exact) mass is 471 g/mol. The van der Waals surface area contributed by atoms with Gasteiger partial charge in [0.05, 0.1) is 23.2 Å². The molecule has 1 fully saturated rings. The first-order chi connectivity index (χ1) is 15.8. The number of nitrogens with zero attached hydrogens (tertiary/aromatic N) is 3. The number of carbonyl (C=O) groups excluding carboxylic acids is 2. The first-order valence-corrected chi connectivity index (χ1v) is 10.7. The lowest BCUT2D eigenvalue weighted by Gasteiger charge is -2.24. The summed E-state index contributed by atoms with van der Waals surface area (Å²) < 4.78 is 21.6. The van der Waals surface area contributed by atoms with Crippen LogP contribution in [0.1, 0.15) is 12.1 Å². The van der Waals surface area contributed by atoms with Crippen LogP contribution in [0.3, 0.4) is 0 Å². The predicted octanol–water partition coefficient (Wildman–Crippen LogP) is 4.23. The minimum atomic E-state index is -0.824. The van der Waals surface area contributed by atoms with Crippen LogP contribution in [0, 0.1) is 12.7 Å². The first kappa shape index (κ1) is 22.8. The zero-order valence-corrected chi connectivity index (χ0v) is 18.8. The fourth-order valence-electron chi connectivity index (χ4n) is 3.69. The van der Waals surface area contributed by atoms with Gasteiger partial charge in [-0.1, -0.05) is 11.6 Å². The van der Waals surface area contributed by atoms with Gasteiger partial charge in [0, 0.05) is 43.0 Å². The largest absolute Gasteiger partial charge is 0.380 e. The molecule has 3 amide bonds. The van der Waals surface area contributed by atoms with Gasteiger partial charge in [-0.2, -0.15) is 5.10 Å². The van der Waals surface area contributed by atoms with E-state index in [4.69, 9.17) is 16.3 Å². The quantitative estimate of drug-likeness (QED) is 0.582. The summed E-state index contributed by atoms with van der Waals surface area (Å²) in [6, 6.07) is 11.6. The maximum Gasteiger partial charge on any atom is 0.322 e. The molecule has 2 atom stereocenters. The molecule has 2 heterocycles. The summed E-state index contributed by atoms with van der Waals surface area (Å²) in [5, 5.41) is 10.1. The Morgan fingerprint density at radius 1 is 1.15 bits per heavy atom. The van der Waals surface area contributed by atoms with Crippen molar-refractivity contribution >= 4 is 34.9 Å². The molecule has 8 nitrogen and oxygen atoms in total. The average molecular weight is 472 g/mol. The van der Waals surface area contributed by atoms with E-state index in [1.54, 1.807) is 41.2 Å². The number of hydrogen-bond donors (Lipinski definition) is 2. The lowest BCUT2D eigenvalue weighted by Crippen LogP contribution is -2.45. The van der Waals surface area contributed by atoms with Crippen molar-refractivity contribution < 1.29 is 18.7 Å². The second kappa shape index (κ2) is 9.60. The Bertz CT molecular complexity index is 1170. The summed E-state index contributed by atoms with van der Waals surface area (Å²) in [6.45, 7) is 2.07. The molecule has 1 saturated heterocycles. The van der Waals surface area contributed by atoms with E-state index in [2.05, 4.69) is 15.7 Å². The molecule has 3 aromatic rings. The Morgan fingerprint density at radius 2 is 1.91 bits per heavy atom.